The number of β-amino-alcohol motifs (C(OH)–C–C–N with tert-alkyl or cyclic N) is 1. The smallest absolute Gasteiger partial charge is 0.0900 e. The first kappa shape index (κ1) is 16.4. The predicted molar refractivity (Wildman–Crippen MR) is 92.3 cm³/mol. The fraction of sp³-hybridized carbons (Fsp3) is 1.00. The maximum Gasteiger partial charge on any atom is 0.0900 e. The van der Waals surface area contributed by atoms with E-state index in [9.17, 15) is 5.11 Å². The molecule has 1 N–H and O–H groups in total. The van der Waals surface area contributed by atoms with Crippen molar-refractivity contribution in [3.63, 3.8) is 0 Å². The molecule has 1 saturated heterocycles. The summed E-state index contributed by atoms with van der Waals surface area (Å²) in [4.78, 5) is 2.45. The first-order valence-corrected chi connectivity index (χ1v) is 10.1. The van der Waals surface area contributed by atoms with Crippen LogP contribution in [-0.4, -0.2) is 48.5 Å². The van der Waals surface area contributed by atoms with Gasteiger partial charge in [-0.15, -0.1) is 0 Å². The summed E-state index contributed by atoms with van der Waals surface area (Å²) in [6.07, 6.45) is 12.3. The summed E-state index contributed by atoms with van der Waals surface area (Å²) in [6, 6.07) is 0.626. The van der Waals surface area contributed by atoms with Crippen molar-refractivity contribution in [2.45, 2.75) is 76.9 Å². The second-order valence-electron chi connectivity index (χ2n) is 9.43. The van der Waals surface area contributed by atoms with E-state index in [2.05, 4.69) is 11.8 Å². The van der Waals surface area contributed by atoms with Gasteiger partial charge in [-0.2, -0.15) is 0 Å². The molecule has 3 nitrogen and oxygen atoms in total. The van der Waals surface area contributed by atoms with Gasteiger partial charge in [-0.25, -0.2) is 0 Å². The van der Waals surface area contributed by atoms with Crippen molar-refractivity contribution >= 4 is 0 Å². The number of aliphatic hydroxyl groups excluding tert-OH is 1. The van der Waals surface area contributed by atoms with E-state index in [1.165, 1.54) is 57.8 Å². The molecule has 5 aliphatic rings. The molecule has 0 spiro atoms. The Bertz CT molecular complexity index is 375. The molecule has 0 unspecified atom stereocenters. The summed E-state index contributed by atoms with van der Waals surface area (Å²) in [5, 5.41) is 10.4. The molecule has 1 aliphatic heterocycles. The minimum atomic E-state index is -0.315. The zero-order valence-electron chi connectivity index (χ0n) is 14.9. The maximum atomic E-state index is 10.4. The van der Waals surface area contributed by atoms with Crippen molar-refractivity contribution in [1.29, 1.82) is 0 Å². The van der Waals surface area contributed by atoms with Crippen molar-refractivity contribution < 1.29 is 9.84 Å². The van der Waals surface area contributed by atoms with Gasteiger partial charge in [0, 0.05) is 12.6 Å². The molecule has 4 bridgehead atoms. The second-order valence-corrected chi connectivity index (χ2v) is 9.43. The van der Waals surface area contributed by atoms with Crippen LogP contribution in [0.3, 0.4) is 0 Å². The molecule has 2 atom stereocenters. The van der Waals surface area contributed by atoms with E-state index in [4.69, 9.17) is 4.74 Å². The quantitative estimate of drug-likeness (QED) is 0.813. The molecular formula is C20H35NO2. The summed E-state index contributed by atoms with van der Waals surface area (Å²) in [5.74, 6) is 2.97. The average molecular weight is 322 g/mol. The molecule has 23 heavy (non-hydrogen) atoms. The number of hydrogen-bond acceptors (Lipinski definition) is 3. The molecule has 0 radical (unpaired) electrons. The van der Waals surface area contributed by atoms with Gasteiger partial charge in [-0.3, -0.25) is 4.90 Å². The van der Waals surface area contributed by atoms with Crippen LogP contribution < -0.4 is 0 Å². The zero-order valence-corrected chi connectivity index (χ0v) is 14.9. The number of ether oxygens (including phenoxy) is 1. The van der Waals surface area contributed by atoms with E-state index in [-0.39, 0.29) is 6.10 Å². The Morgan fingerprint density at radius 1 is 1.09 bits per heavy atom. The number of piperidine rings is 1. The van der Waals surface area contributed by atoms with Gasteiger partial charge in [0.2, 0.25) is 0 Å². The van der Waals surface area contributed by atoms with Crippen molar-refractivity contribution in [3.8, 4) is 0 Å². The minimum absolute atomic E-state index is 0.315. The summed E-state index contributed by atoms with van der Waals surface area (Å²) < 4.78 is 6.08. The molecular weight excluding hydrogens is 286 g/mol. The van der Waals surface area contributed by atoms with Gasteiger partial charge in [0.1, 0.15) is 0 Å². The lowest BCUT2D eigenvalue weighted by Crippen LogP contribution is -2.48. The standard InChI is InChI=1S/C20H35NO2/c1-15-4-2-3-5-21(15)12-19(22)13-23-14-20-9-16-6-17(10-20)8-18(7-16)11-20/h15-19,22H,2-14H2,1H3/t15-,16?,17?,18?,19-,20?/m0/s1. The summed E-state index contributed by atoms with van der Waals surface area (Å²) >= 11 is 0. The van der Waals surface area contributed by atoms with Gasteiger partial charge in [0.25, 0.3) is 0 Å². The zero-order chi connectivity index (χ0) is 15.9. The Kier molecular flexibility index (Phi) is 4.73. The summed E-state index contributed by atoms with van der Waals surface area (Å²) in [5.41, 5.74) is 0.479. The predicted octanol–water partition coefficient (Wildman–Crippen LogP) is 3.45. The van der Waals surface area contributed by atoms with Gasteiger partial charge < -0.3 is 9.84 Å². The molecule has 1 heterocycles. The third kappa shape index (κ3) is 3.62. The molecule has 0 aromatic carbocycles. The SMILES string of the molecule is C[C@H]1CCCCN1C[C@H](O)COCC12CC3CC(CC(C3)C1)C2. The number of hydrogen-bond donors (Lipinski definition) is 1. The van der Waals surface area contributed by atoms with Crippen molar-refractivity contribution in [2.75, 3.05) is 26.3 Å². The highest BCUT2D eigenvalue weighted by atomic mass is 16.5. The monoisotopic (exact) mass is 321 g/mol. The topological polar surface area (TPSA) is 32.7 Å². The molecule has 0 aromatic heterocycles. The summed E-state index contributed by atoms with van der Waals surface area (Å²) in [7, 11) is 0. The third-order valence-corrected chi connectivity index (χ3v) is 7.27. The van der Waals surface area contributed by atoms with Crippen LogP contribution in [0.5, 0.6) is 0 Å². The van der Waals surface area contributed by atoms with E-state index in [1.54, 1.807) is 0 Å². The number of aliphatic hydroxyl groups is 1. The Morgan fingerprint density at radius 3 is 2.35 bits per heavy atom. The Hall–Kier alpha value is -0.120. The minimum Gasteiger partial charge on any atom is -0.389 e. The van der Waals surface area contributed by atoms with Crippen LogP contribution in [0, 0.1) is 23.2 Å². The molecule has 3 heteroatoms. The number of nitrogens with zero attached hydrogens (tertiary/aromatic N) is 1. The first-order valence-electron chi connectivity index (χ1n) is 10.1. The molecule has 5 rings (SSSR count). The molecule has 0 aromatic rings. The molecule has 132 valence electrons. The summed E-state index contributed by atoms with van der Waals surface area (Å²) in [6.45, 7) is 5.67. The fourth-order valence-corrected chi connectivity index (χ4v) is 6.63. The molecule has 0 amide bonds. The highest BCUT2D eigenvalue weighted by molar-refractivity contribution is 5.01. The highest BCUT2D eigenvalue weighted by Crippen LogP contribution is 2.60. The largest absolute Gasteiger partial charge is 0.389 e. The lowest BCUT2D eigenvalue weighted by Gasteiger charge is -2.56. The second kappa shape index (κ2) is 6.65. The lowest BCUT2D eigenvalue weighted by molar-refractivity contribution is -0.107. The van der Waals surface area contributed by atoms with Crippen molar-refractivity contribution in [2.24, 2.45) is 23.2 Å². The normalized spacial score (nSPS) is 44.6. The van der Waals surface area contributed by atoms with Gasteiger partial charge >= 0.3 is 0 Å². The van der Waals surface area contributed by atoms with Gasteiger partial charge in [0.05, 0.1) is 19.3 Å². The number of rotatable bonds is 6. The molecule has 4 aliphatic carbocycles. The van der Waals surface area contributed by atoms with Crippen LogP contribution in [-0.2, 0) is 4.74 Å². The van der Waals surface area contributed by atoms with Gasteiger partial charge in [-0.05, 0) is 88.0 Å². The van der Waals surface area contributed by atoms with E-state index < -0.39 is 0 Å². The molecule has 5 fully saturated rings. The molecule has 4 saturated carbocycles. The van der Waals surface area contributed by atoms with Crippen LogP contribution >= 0.6 is 0 Å². The number of likely N-dealkylation sites (tertiary alicyclic amines) is 1. The van der Waals surface area contributed by atoms with E-state index in [0.29, 0.717) is 18.1 Å². The Labute approximate surface area is 141 Å². The van der Waals surface area contributed by atoms with E-state index in [0.717, 1.165) is 37.5 Å². The first-order chi connectivity index (χ1) is 11.1. The lowest BCUT2D eigenvalue weighted by atomic mass is 9.50. The average Bonchev–Trinajstić information content (AvgIpc) is 2.48. The van der Waals surface area contributed by atoms with Crippen LogP contribution in [0.2, 0.25) is 0 Å². The van der Waals surface area contributed by atoms with Crippen molar-refractivity contribution in [3.05, 3.63) is 0 Å². The third-order valence-electron chi connectivity index (χ3n) is 7.27. The van der Waals surface area contributed by atoms with Crippen LogP contribution in [0.4, 0.5) is 0 Å². The van der Waals surface area contributed by atoms with Gasteiger partial charge in [-0.1, -0.05) is 6.42 Å². The fourth-order valence-electron chi connectivity index (χ4n) is 6.63. The van der Waals surface area contributed by atoms with Crippen LogP contribution in [0.25, 0.3) is 0 Å². The maximum absolute atomic E-state index is 10.4. The highest BCUT2D eigenvalue weighted by Gasteiger charge is 2.50. The van der Waals surface area contributed by atoms with E-state index in [1.807, 2.05) is 0 Å². The Morgan fingerprint density at radius 2 is 1.74 bits per heavy atom. The van der Waals surface area contributed by atoms with Crippen LogP contribution in [0.1, 0.15) is 64.7 Å². The van der Waals surface area contributed by atoms with Gasteiger partial charge in [0.15, 0.2) is 0 Å². The Balaban J connectivity index is 1.22. The van der Waals surface area contributed by atoms with Crippen molar-refractivity contribution in [1.82, 2.24) is 4.90 Å². The van der Waals surface area contributed by atoms with E-state index >= 15 is 0 Å². The van der Waals surface area contributed by atoms with Crippen LogP contribution in [0.15, 0.2) is 0 Å².